The third-order valence-electron chi connectivity index (χ3n) is 3.63. The molecule has 1 unspecified atom stereocenters. The van der Waals surface area contributed by atoms with Gasteiger partial charge in [0.25, 0.3) is 0 Å². The molecular weight excluding hydrogens is 228 g/mol. The van der Waals surface area contributed by atoms with E-state index in [2.05, 4.69) is 15.7 Å². The Labute approximate surface area is 108 Å². The van der Waals surface area contributed by atoms with Gasteiger partial charge in [0.05, 0.1) is 16.8 Å². The van der Waals surface area contributed by atoms with Crippen molar-refractivity contribution in [2.75, 3.05) is 18.4 Å². The summed E-state index contributed by atoms with van der Waals surface area (Å²) in [6.07, 6.45) is 4.69. The number of anilines is 1. The number of carbonyl (C=O) groups excluding carboxylic acids is 1. The first kappa shape index (κ1) is 13.1. The van der Waals surface area contributed by atoms with Crippen molar-refractivity contribution in [3.63, 3.8) is 0 Å². The van der Waals surface area contributed by atoms with Gasteiger partial charge in [-0.2, -0.15) is 5.10 Å². The summed E-state index contributed by atoms with van der Waals surface area (Å²) in [6, 6.07) is 0. The molecule has 0 aromatic carbocycles. The van der Waals surface area contributed by atoms with Gasteiger partial charge in [-0.15, -0.1) is 0 Å². The lowest BCUT2D eigenvalue weighted by atomic mass is 9.82. The van der Waals surface area contributed by atoms with Crippen LogP contribution in [-0.2, 0) is 18.3 Å². The lowest BCUT2D eigenvalue weighted by Crippen LogP contribution is -2.46. The number of rotatable bonds is 3. The molecule has 1 aliphatic rings. The second-order valence-electron chi connectivity index (χ2n) is 5.31. The van der Waals surface area contributed by atoms with Gasteiger partial charge < -0.3 is 10.6 Å². The van der Waals surface area contributed by atoms with Crippen LogP contribution in [0.3, 0.4) is 0 Å². The minimum Gasteiger partial charge on any atom is -0.323 e. The van der Waals surface area contributed by atoms with E-state index in [0.717, 1.165) is 43.7 Å². The van der Waals surface area contributed by atoms with Gasteiger partial charge in [0.15, 0.2) is 0 Å². The number of aryl methyl sites for hydroxylation is 2. The van der Waals surface area contributed by atoms with E-state index in [1.54, 1.807) is 4.68 Å². The molecule has 1 atom stereocenters. The molecule has 2 rings (SSSR count). The van der Waals surface area contributed by atoms with Crippen molar-refractivity contribution in [3.05, 3.63) is 11.9 Å². The van der Waals surface area contributed by atoms with Crippen LogP contribution < -0.4 is 10.6 Å². The number of hydrogen-bond donors (Lipinski definition) is 2. The summed E-state index contributed by atoms with van der Waals surface area (Å²) < 4.78 is 1.75. The first-order valence-electron chi connectivity index (χ1n) is 6.60. The summed E-state index contributed by atoms with van der Waals surface area (Å²) in [6.45, 7) is 5.83. The van der Waals surface area contributed by atoms with Crippen LogP contribution in [0.1, 0.15) is 32.4 Å². The van der Waals surface area contributed by atoms with E-state index in [0.29, 0.717) is 0 Å². The Morgan fingerprint density at radius 3 is 3.06 bits per heavy atom. The Morgan fingerprint density at radius 1 is 1.67 bits per heavy atom. The van der Waals surface area contributed by atoms with Crippen LogP contribution in [0.25, 0.3) is 0 Å². The molecule has 0 spiro atoms. The van der Waals surface area contributed by atoms with E-state index in [-0.39, 0.29) is 11.3 Å². The largest absolute Gasteiger partial charge is 0.323 e. The van der Waals surface area contributed by atoms with Crippen LogP contribution in [0.2, 0.25) is 0 Å². The van der Waals surface area contributed by atoms with Gasteiger partial charge in [0, 0.05) is 19.8 Å². The lowest BCUT2D eigenvalue weighted by Gasteiger charge is -2.32. The summed E-state index contributed by atoms with van der Waals surface area (Å²) in [7, 11) is 1.87. The number of piperidine rings is 1. The fraction of sp³-hybridized carbons (Fsp3) is 0.692. The molecule has 0 saturated carbocycles. The standard InChI is InChI=1S/C13H22N4O/c1-4-10-11(8-17(3)16-10)15-12(18)13(2)6-5-7-14-9-13/h8,14H,4-7,9H2,1-3H3,(H,15,18). The Kier molecular flexibility index (Phi) is 3.71. The summed E-state index contributed by atoms with van der Waals surface area (Å²) in [5, 5.41) is 10.7. The molecule has 1 aliphatic heterocycles. The number of aromatic nitrogens is 2. The molecule has 2 N–H and O–H groups in total. The second-order valence-corrected chi connectivity index (χ2v) is 5.31. The molecule has 1 amide bonds. The predicted octanol–water partition coefficient (Wildman–Crippen LogP) is 1.31. The fourth-order valence-corrected chi connectivity index (χ4v) is 2.42. The van der Waals surface area contributed by atoms with Gasteiger partial charge in [-0.05, 0) is 32.7 Å². The molecule has 0 bridgehead atoms. The van der Waals surface area contributed by atoms with Gasteiger partial charge in [0.2, 0.25) is 5.91 Å². The molecule has 1 aromatic rings. The molecule has 5 heteroatoms. The number of hydrogen-bond acceptors (Lipinski definition) is 3. The molecule has 100 valence electrons. The number of carbonyl (C=O) groups is 1. The van der Waals surface area contributed by atoms with Gasteiger partial charge >= 0.3 is 0 Å². The molecule has 2 heterocycles. The summed E-state index contributed by atoms with van der Waals surface area (Å²) in [5.74, 6) is 0.0948. The number of amides is 1. The summed E-state index contributed by atoms with van der Waals surface area (Å²) in [5.41, 5.74) is 1.48. The van der Waals surface area contributed by atoms with Crippen molar-refractivity contribution in [2.24, 2.45) is 12.5 Å². The van der Waals surface area contributed by atoms with Crippen LogP contribution in [0, 0.1) is 5.41 Å². The lowest BCUT2D eigenvalue weighted by molar-refractivity contribution is -0.125. The monoisotopic (exact) mass is 250 g/mol. The highest BCUT2D eigenvalue weighted by atomic mass is 16.2. The summed E-state index contributed by atoms with van der Waals surface area (Å²) in [4.78, 5) is 12.4. The van der Waals surface area contributed by atoms with Gasteiger partial charge in [0.1, 0.15) is 0 Å². The maximum Gasteiger partial charge on any atom is 0.231 e. The Bertz CT molecular complexity index is 432. The SMILES string of the molecule is CCc1nn(C)cc1NC(=O)C1(C)CCCNC1. The second kappa shape index (κ2) is 5.10. The average molecular weight is 250 g/mol. The van der Waals surface area contributed by atoms with E-state index < -0.39 is 0 Å². The first-order valence-corrected chi connectivity index (χ1v) is 6.60. The highest BCUT2D eigenvalue weighted by molar-refractivity contribution is 5.95. The molecule has 0 radical (unpaired) electrons. The van der Waals surface area contributed by atoms with Crippen LogP contribution in [-0.4, -0.2) is 28.8 Å². The van der Waals surface area contributed by atoms with Crippen molar-refractivity contribution < 1.29 is 4.79 Å². The van der Waals surface area contributed by atoms with E-state index in [1.165, 1.54) is 0 Å². The Hall–Kier alpha value is -1.36. The third-order valence-corrected chi connectivity index (χ3v) is 3.63. The smallest absolute Gasteiger partial charge is 0.231 e. The maximum atomic E-state index is 12.4. The summed E-state index contributed by atoms with van der Waals surface area (Å²) >= 11 is 0. The van der Waals surface area contributed by atoms with Gasteiger partial charge in [-0.25, -0.2) is 0 Å². The van der Waals surface area contributed by atoms with Crippen LogP contribution in [0.4, 0.5) is 5.69 Å². The molecule has 5 nitrogen and oxygen atoms in total. The van der Waals surface area contributed by atoms with E-state index in [1.807, 2.05) is 27.1 Å². The van der Waals surface area contributed by atoms with E-state index in [4.69, 9.17) is 0 Å². The number of nitrogens with one attached hydrogen (secondary N) is 2. The third kappa shape index (κ3) is 2.56. The molecule has 0 aliphatic carbocycles. The molecule has 1 saturated heterocycles. The Morgan fingerprint density at radius 2 is 2.44 bits per heavy atom. The molecule has 1 aromatic heterocycles. The number of nitrogens with zero attached hydrogens (tertiary/aromatic N) is 2. The van der Waals surface area contributed by atoms with E-state index >= 15 is 0 Å². The minimum atomic E-state index is -0.306. The van der Waals surface area contributed by atoms with Gasteiger partial charge in [-0.3, -0.25) is 9.48 Å². The van der Waals surface area contributed by atoms with Crippen molar-refractivity contribution in [3.8, 4) is 0 Å². The highest BCUT2D eigenvalue weighted by Crippen LogP contribution is 2.27. The van der Waals surface area contributed by atoms with Crippen LogP contribution in [0.15, 0.2) is 6.20 Å². The maximum absolute atomic E-state index is 12.4. The highest BCUT2D eigenvalue weighted by Gasteiger charge is 2.35. The van der Waals surface area contributed by atoms with Crippen molar-refractivity contribution in [2.45, 2.75) is 33.1 Å². The molecule has 18 heavy (non-hydrogen) atoms. The van der Waals surface area contributed by atoms with Gasteiger partial charge in [-0.1, -0.05) is 6.92 Å². The van der Waals surface area contributed by atoms with Crippen molar-refractivity contribution in [1.29, 1.82) is 0 Å². The Balaban J connectivity index is 2.10. The fourth-order valence-electron chi connectivity index (χ4n) is 2.42. The minimum absolute atomic E-state index is 0.0948. The van der Waals surface area contributed by atoms with Crippen molar-refractivity contribution >= 4 is 11.6 Å². The van der Waals surface area contributed by atoms with Crippen LogP contribution in [0.5, 0.6) is 0 Å². The predicted molar refractivity (Wildman–Crippen MR) is 71.4 cm³/mol. The zero-order chi connectivity index (χ0) is 13.2. The topological polar surface area (TPSA) is 59.0 Å². The molecular formula is C13H22N4O. The van der Waals surface area contributed by atoms with Crippen LogP contribution >= 0.6 is 0 Å². The average Bonchev–Trinajstić information content (AvgIpc) is 2.70. The zero-order valence-corrected chi connectivity index (χ0v) is 11.4. The first-order chi connectivity index (χ1) is 8.55. The van der Waals surface area contributed by atoms with Crippen molar-refractivity contribution in [1.82, 2.24) is 15.1 Å². The van der Waals surface area contributed by atoms with E-state index in [9.17, 15) is 4.79 Å². The quantitative estimate of drug-likeness (QED) is 0.850. The zero-order valence-electron chi connectivity index (χ0n) is 11.4. The normalized spacial score (nSPS) is 23.9. The molecule has 1 fully saturated rings.